The fourth-order valence-electron chi connectivity index (χ4n) is 3.13. The number of amides is 1. The Morgan fingerprint density at radius 1 is 1.27 bits per heavy atom. The van der Waals surface area contributed by atoms with Gasteiger partial charge in [-0.25, -0.2) is 0 Å². The molecule has 0 unspecified atom stereocenters. The first-order valence-corrected chi connectivity index (χ1v) is 9.40. The van der Waals surface area contributed by atoms with Gasteiger partial charge in [-0.2, -0.15) is 0 Å². The molecule has 4 heteroatoms. The van der Waals surface area contributed by atoms with Gasteiger partial charge in [0.05, 0.1) is 0 Å². The van der Waals surface area contributed by atoms with Crippen molar-refractivity contribution in [3.63, 3.8) is 0 Å². The van der Waals surface area contributed by atoms with Crippen LogP contribution in [0.5, 0.6) is 0 Å². The number of furan rings is 1. The van der Waals surface area contributed by atoms with Gasteiger partial charge < -0.3 is 14.6 Å². The van der Waals surface area contributed by atoms with E-state index in [1.807, 2.05) is 18.2 Å². The predicted octanol–water partition coefficient (Wildman–Crippen LogP) is 4.05. The van der Waals surface area contributed by atoms with Crippen LogP contribution in [0.1, 0.15) is 42.8 Å². The number of hydrogen-bond donors (Lipinski definition) is 1. The highest BCUT2D eigenvalue weighted by molar-refractivity contribution is 5.91. The molecule has 3 rings (SSSR count). The number of benzene rings is 1. The minimum atomic E-state index is -0.0755. The highest BCUT2D eigenvalue weighted by Crippen LogP contribution is 2.47. The fraction of sp³-hybridized carbons (Fsp3) is 0.409. The first-order valence-electron chi connectivity index (χ1n) is 9.40. The molecule has 1 saturated carbocycles. The lowest BCUT2D eigenvalue weighted by Gasteiger charge is -2.16. The zero-order chi connectivity index (χ0) is 18.4. The van der Waals surface area contributed by atoms with Crippen LogP contribution in [0.2, 0.25) is 0 Å². The largest absolute Gasteiger partial charge is 0.461 e. The number of carbonyl (C=O) groups is 1. The van der Waals surface area contributed by atoms with Crippen molar-refractivity contribution >= 4 is 12.0 Å². The zero-order valence-electron chi connectivity index (χ0n) is 15.7. The highest BCUT2D eigenvalue weighted by atomic mass is 16.3. The molecule has 1 amide bonds. The van der Waals surface area contributed by atoms with Gasteiger partial charge in [-0.05, 0) is 56.1 Å². The smallest absolute Gasteiger partial charge is 0.244 e. The molecule has 1 fully saturated rings. The van der Waals surface area contributed by atoms with E-state index < -0.39 is 0 Å². The van der Waals surface area contributed by atoms with Crippen LogP contribution in [0, 0.1) is 5.92 Å². The van der Waals surface area contributed by atoms with Crippen LogP contribution < -0.4 is 5.32 Å². The fourth-order valence-corrected chi connectivity index (χ4v) is 3.13. The Kier molecular flexibility index (Phi) is 6.29. The van der Waals surface area contributed by atoms with Crippen LogP contribution >= 0.6 is 0 Å². The third-order valence-electron chi connectivity index (χ3n) is 4.83. The Labute approximate surface area is 155 Å². The second-order valence-corrected chi connectivity index (χ2v) is 7.26. The summed E-state index contributed by atoms with van der Waals surface area (Å²) in [5, 5.41) is 2.93. The first-order chi connectivity index (χ1) is 12.6. The van der Waals surface area contributed by atoms with Gasteiger partial charge >= 0.3 is 0 Å². The van der Waals surface area contributed by atoms with E-state index in [1.165, 1.54) is 12.0 Å². The average Bonchev–Trinajstić information content (AvgIpc) is 3.18. The van der Waals surface area contributed by atoms with Crippen molar-refractivity contribution in [1.82, 2.24) is 10.2 Å². The number of nitrogens with zero attached hydrogens (tertiary/aromatic N) is 1. The van der Waals surface area contributed by atoms with Crippen LogP contribution in [0.4, 0.5) is 0 Å². The van der Waals surface area contributed by atoms with Crippen LogP contribution in [-0.4, -0.2) is 30.9 Å². The summed E-state index contributed by atoms with van der Waals surface area (Å²) < 4.78 is 5.77. The van der Waals surface area contributed by atoms with Crippen molar-refractivity contribution in [1.29, 1.82) is 0 Å². The number of rotatable bonds is 9. The molecule has 0 bridgehead atoms. The lowest BCUT2D eigenvalue weighted by atomic mass is 10.2. The molecule has 1 aliphatic carbocycles. The summed E-state index contributed by atoms with van der Waals surface area (Å²) in [5.74, 6) is 3.00. The van der Waals surface area contributed by atoms with Crippen molar-refractivity contribution in [2.75, 3.05) is 20.1 Å². The first kappa shape index (κ1) is 18.5. The van der Waals surface area contributed by atoms with Gasteiger partial charge in [0, 0.05) is 25.1 Å². The lowest BCUT2D eigenvalue weighted by molar-refractivity contribution is -0.116. The molecule has 1 heterocycles. The summed E-state index contributed by atoms with van der Waals surface area (Å²) in [5.41, 5.74) is 1.31. The van der Waals surface area contributed by atoms with Gasteiger partial charge in [0.2, 0.25) is 5.91 Å². The lowest BCUT2D eigenvalue weighted by Crippen LogP contribution is -2.26. The average molecular weight is 352 g/mol. The molecular weight excluding hydrogens is 324 g/mol. The van der Waals surface area contributed by atoms with Gasteiger partial charge in [-0.3, -0.25) is 4.79 Å². The molecular formula is C22H28N2O2. The van der Waals surface area contributed by atoms with E-state index >= 15 is 0 Å². The second kappa shape index (κ2) is 8.86. The molecule has 2 atom stereocenters. The molecule has 2 aromatic rings. The van der Waals surface area contributed by atoms with Crippen molar-refractivity contribution in [2.45, 2.75) is 32.2 Å². The Morgan fingerprint density at radius 2 is 2.04 bits per heavy atom. The number of hydrogen-bond acceptors (Lipinski definition) is 3. The molecule has 1 aliphatic rings. The third kappa shape index (κ3) is 5.60. The van der Waals surface area contributed by atoms with Gasteiger partial charge in [0.1, 0.15) is 11.5 Å². The summed E-state index contributed by atoms with van der Waals surface area (Å²) in [7, 11) is 2.10. The quantitative estimate of drug-likeness (QED) is 0.547. The summed E-state index contributed by atoms with van der Waals surface area (Å²) in [6, 6.07) is 14.4. The van der Waals surface area contributed by atoms with Crippen molar-refractivity contribution < 1.29 is 9.21 Å². The molecule has 4 nitrogen and oxygen atoms in total. The molecule has 0 radical (unpaired) electrons. The zero-order valence-corrected chi connectivity index (χ0v) is 15.7. The number of carbonyl (C=O) groups excluding carboxylic acids is 1. The topological polar surface area (TPSA) is 45.5 Å². The second-order valence-electron chi connectivity index (χ2n) is 7.26. The molecule has 1 N–H and O–H groups in total. The van der Waals surface area contributed by atoms with Gasteiger partial charge in [0.15, 0.2) is 0 Å². The minimum Gasteiger partial charge on any atom is -0.461 e. The van der Waals surface area contributed by atoms with Crippen LogP contribution in [0.3, 0.4) is 0 Å². The Morgan fingerprint density at radius 3 is 2.77 bits per heavy atom. The van der Waals surface area contributed by atoms with Crippen molar-refractivity contribution in [3.05, 3.63) is 65.6 Å². The molecule has 26 heavy (non-hydrogen) atoms. The van der Waals surface area contributed by atoms with Gasteiger partial charge in [-0.1, -0.05) is 37.3 Å². The number of nitrogens with one attached hydrogen (secondary N) is 1. The van der Waals surface area contributed by atoms with E-state index in [4.69, 9.17) is 4.42 Å². The van der Waals surface area contributed by atoms with Crippen LogP contribution in [0.15, 0.2) is 53.0 Å². The van der Waals surface area contributed by atoms with Crippen LogP contribution in [0.25, 0.3) is 6.08 Å². The van der Waals surface area contributed by atoms with E-state index in [9.17, 15) is 4.79 Å². The predicted molar refractivity (Wildman–Crippen MR) is 105 cm³/mol. The molecule has 0 saturated heterocycles. The molecule has 0 aliphatic heterocycles. The summed E-state index contributed by atoms with van der Waals surface area (Å²) in [4.78, 5) is 14.2. The minimum absolute atomic E-state index is 0.0755. The SMILES string of the molecule is C[C@@H]1C[C@@H]1c1ccc(/C=C/C(=O)NCCCN(C)Cc2ccccc2)o1. The Balaban J connectivity index is 1.32. The van der Waals surface area contributed by atoms with Gasteiger partial charge in [0.25, 0.3) is 0 Å². The summed E-state index contributed by atoms with van der Waals surface area (Å²) in [6.07, 6.45) is 5.42. The van der Waals surface area contributed by atoms with E-state index in [2.05, 4.69) is 48.5 Å². The summed E-state index contributed by atoms with van der Waals surface area (Å²) in [6.45, 7) is 4.77. The van der Waals surface area contributed by atoms with E-state index in [0.29, 0.717) is 12.5 Å². The van der Waals surface area contributed by atoms with E-state index in [0.717, 1.165) is 36.9 Å². The van der Waals surface area contributed by atoms with Crippen LogP contribution in [-0.2, 0) is 11.3 Å². The molecule has 0 spiro atoms. The highest BCUT2D eigenvalue weighted by Gasteiger charge is 2.36. The molecule has 1 aromatic carbocycles. The van der Waals surface area contributed by atoms with E-state index in [1.54, 1.807) is 12.2 Å². The Hall–Kier alpha value is -2.33. The van der Waals surface area contributed by atoms with Gasteiger partial charge in [-0.15, -0.1) is 0 Å². The van der Waals surface area contributed by atoms with Crippen molar-refractivity contribution in [2.24, 2.45) is 5.92 Å². The standard InChI is InChI=1S/C22H28N2O2/c1-17-15-20(17)21-11-9-19(26-21)10-12-22(25)23-13-6-14-24(2)16-18-7-4-3-5-8-18/h3-5,7-12,17,20H,6,13-16H2,1-2H3,(H,23,25)/b12-10+/t17-,20+/m1/s1. The normalized spacial score (nSPS) is 19.2. The summed E-state index contributed by atoms with van der Waals surface area (Å²) >= 11 is 0. The maximum Gasteiger partial charge on any atom is 0.244 e. The third-order valence-corrected chi connectivity index (χ3v) is 4.83. The maximum absolute atomic E-state index is 11.9. The Bertz CT molecular complexity index is 736. The maximum atomic E-state index is 11.9. The van der Waals surface area contributed by atoms with Crippen molar-refractivity contribution in [3.8, 4) is 0 Å². The van der Waals surface area contributed by atoms with E-state index in [-0.39, 0.29) is 5.91 Å². The molecule has 1 aromatic heterocycles. The monoisotopic (exact) mass is 352 g/mol. The molecule has 138 valence electrons.